The van der Waals surface area contributed by atoms with Gasteiger partial charge in [-0.15, -0.1) is 0 Å². The molecule has 4 nitrogen and oxygen atoms in total. The summed E-state index contributed by atoms with van der Waals surface area (Å²) in [5, 5.41) is 13.8. The Balaban J connectivity index is 1.38. The van der Waals surface area contributed by atoms with Crippen molar-refractivity contribution < 1.29 is 23.1 Å². The first-order valence-corrected chi connectivity index (χ1v) is 12.3. The van der Waals surface area contributed by atoms with Crippen molar-refractivity contribution in [3.05, 3.63) is 107 Å². The zero-order valence-corrected chi connectivity index (χ0v) is 20.8. The maximum atomic E-state index is 13.7. The lowest BCUT2D eigenvalue weighted by Crippen LogP contribution is -2.35. The van der Waals surface area contributed by atoms with E-state index in [2.05, 4.69) is 16.6 Å². The number of oxime groups is 1. The third kappa shape index (κ3) is 7.01. The van der Waals surface area contributed by atoms with Gasteiger partial charge in [-0.05, 0) is 60.2 Å². The van der Waals surface area contributed by atoms with Crippen molar-refractivity contribution in [2.75, 3.05) is 13.1 Å². The summed E-state index contributed by atoms with van der Waals surface area (Å²) in [7, 11) is 0. The van der Waals surface area contributed by atoms with Gasteiger partial charge < -0.3 is 9.94 Å². The maximum absolute atomic E-state index is 13.7. The zero-order valence-electron chi connectivity index (χ0n) is 20.8. The van der Waals surface area contributed by atoms with Gasteiger partial charge in [-0.1, -0.05) is 78.5 Å². The second kappa shape index (κ2) is 11.6. The molecule has 1 heterocycles. The fourth-order valence-electron chi connectivity index (χ4n) is 4.62. The lowest BCUT2D eigenvalue weighted by Gasteiger charge is -2.32. The normalized spacial score (nSPS) is 17.0. The largest absolute Gasteiger partial charge is 0.513 e. The molecule has 3 aromatic rings. The number of hydrogen-bond donors (Lipinski definition) is 1. The fraction of sp³-hybridized carbons (Fsp3) is 0.300. The van der Waals surface area contributed by atoms with E-state index in [-0.39, 0.29) is 23.8 Å². The van der Waals surface area contributed by atoms with Crippen molar-refractivity contribution in [2.24, 2.45) is 11.1 Å². The van der Waals surface area contributed by atoms with Gasteiger partial charge in [-0.25, -0.2) is 0 Å². The maximum Gasteiger partial charge on any atom is 0.417 e. The number of nitrogens with zero attached hydrogens (tertiary/aromatic N) is 2. The van der Waals surface area contributed by atoms with Gasteiger partial charge in [0.2, 0.25) is 0 Å². The highest BCUT2D eigenvalue weighted by Gasteiger charge is 2.34. The summed E-state index contributed by atoms with van der Waals surface area (Å²) in [5.41, 5.74) is 3.01. The minimum absolute atomic E-state index is 0.0696. The number of halogens is 3. The standard InChI is InChI=1S/C30H31F3N2O2/c1-21(25-13-10-23(11-14-25)18-35-16-6-9-27(19-35)22(2)36)34-37-20-24-12-15-28(26-7-4-3-5-8-26)29(17-24)30(31,32)33/h3-5,7-8,10-15,17,27,36H,2,6,9,16,18-20H2,1H3/b34-21+. The number of aliphatic hydroxyl groups is 1. The summed E-state index contributed by atoms with van der Waals surface area (Å²) >= 11 is 0. The van der Waals surface area contributed by atoms with Gasteiger partial charge in [-0.2, -0.15) is 13.2 Å². The number of piperidine rings is 1. The van der Waals surface area contributed by atoms with Gasteiger partial charge in [0.15, 0.2) is 0 Å². The van der Waals surface area contributed by atoms with Crippen LogP contribution in [0.25, 0.3) is 11.1 Å². The van der Waals surface area contributed by atoms with Crippen LogP contribution >= 0.6 is 0 Å². The first kappa shape index (κ1) is 26.5. The Morgan fingerprint density at radius 1 is 1.05 bits per heavy atom. The second-order valence-electron chi connectivity index (χ2n) is 9.46. The number of alkyl halides is 3. The van der Waals surface area contributed by atoms with Crippen LogP contribution in [0.5, 0.6) is 0 Å². The average molecular weight is 509 g/mol. The molecule has 0 radical (unpaired) electrons. The molecule has 1 aliphatic heterocycles. The molecule has 0 spiro atoms. The van der Waals surface area contributed by atoms with E-state index in [4.69, 9.17) is 4.84 Å². The summed E-state index contributed by atoms with van der Waals surface area (Å²) < 4.78 is 41.2. The molecule has 1 atom stereocenters. The number of benzene rings is 3. The molecule has 4 rings (SSSR count). The molecule has 1 unspecified atom stereocenters. The Morgan fingerprint density at radius 2 is 1.76 bits per heavy atom. The zero-order chi connectivity index (χ0) is 26.4. The molecular formula is C30H31F3N2O2. The summed E-state index contributed by atoms with van der Waals surface area (Å²) in [5.74, 6) is 0.384. The minimum atomic E-state index is -4.48. The highest BCUT2D eigenvalue weighted by molar-refractivity contribution is 5.98. The van der Waals surface area contributed by atoms with E-state index in [1.807, 2.05) is 24.3 Å². The van der Waals surface area contributed by atoms with Crippen molar-refractivity contribution in [3.8, 4) is 11.1 Å². The first-order chi connectivity index (χ1) is 17.7. The summed E-state index contributed by atoms with van der Waals surface area (Å²) in [6, 6.07) is 20.7. The van der Waals surface area contributed by atoms with E-state index < -0.39 is 11.7 Å². The number of aliphatic hydroxyl groups excluding tert-OH is 1. The van der Waals surface area contributed by atoms with Crippen molar-refractivity contribution >= 4 is 5.71 Å². The van der Waals surface area contributed by atoms with E-state index in [9.17, 15) is 18.3 Å². The third-order valence-electron chi connectivity index (χ3n) is 6.66. The van der Waals surface area contributed by atoms with Crippen LogP contribution in [0.2, 0.25) is 0 Å². The molecule has 3 aromatic carbocycles. The average Bonchev–Trinajstić information content (AvgIpc) is 2.89. The van der Waals surface area contributed by atoms with E-state index in [1.54, 1.807) is 43.3 Å². The Bertz CT molecular complexity index is 1240. The van der Waals surface area contributed by atoms with Gasteiger partial charge in [0.1, 0.15) is 6.61 Å². The Labute approximate surface area is 215 Å². The van der Waals surface area contributed by atoms with Crippen LogP contribution in [-0.2, 0) is 24.2 Å². The number of hydrogen-bond acceptors (Lipinski definition) is 4. The Kier molecular flexibility index (Phi) is 8.34. The minimum Gasteiger partial charge on any atom is -0.513 e. The van der Waals surface area contributed by atoms with Crippen LogP contribution in [0.4, 0.5) is 13.2 Å². The van der Waals surface area contributed by atoms with Gasteiger partial charge in [0.25, 0.3) is 0 Å². The highest BCUT2D eigenvalue weighted by atomic mass is 19.4. The Morgan fingerprint density at radius 3 is 2.43 bits per heavy atom. The number of rotatable bonds is 8. The molecule has 0 aliphatic carbocycles. The predicted molar refractivity (Wildman–Crippen MR) is 140 cm³/mol. The van der Waals surface area contributed by atoms with Crippen LogP contribution in [0.1, 0.15) is 42.0 Å². The first-order valence-electron chi connectivity index (χ1n) is 12.3. The van der Waals surface area contributed by atoms with Crippen molar-refractivity contribution in [3.63, 3.8) is 0 Å². The lowest BCUT2D eigenvalue weighted by molar-refractivity contribution is -0.137. The molecule has 37 heavy (non-hydrogen) atoms. The van der Waals surface area contributed by atoms with E-state index in [1.165, 1.54) is 6.07 Å². The molecule has 1 aliphatic rings. The SMILES string of the molecule is C=C(O)C1CCCN(Cc2ccc(/C(C)=N/OCc3ccc(-c4ccccc4)c(C(F)(F)F)c3)cc2)C1. The molecule has 0 bridgehead atoms. The van der Waals surface area contributed by atoms with Crippen LogP contribution < -0.4 is 0 Å². The summed E-state index contributed by atoms with van der Waals surface area (Å²) in [4.78, 5) is 7.73. The molecule has 1 N–H and O–H groups in total. The van der Waals surface area contributed by atoms with Crippen LogP contribution in [0.15, 0.2) is 90.3 Å². The molecule has 1 saturated heterocycles. The molecule has 7 heteroatoms. The van der Waals surface area contributed by atoms with Crippen LogP contribution in [-0.4, -0.2) is 28.8 Å². The van der Waals surface area contributed by atoms with Gasteiger partial charge in [-0.3, -0.25) is 4.90 Å². The quantitative estimate of drug-likeness (QED) is 0.194. The smallest absolute Gasteiger partial charge is 0.417 e. The molecule has 194 valence electrons. The third-order valence-corrected chi connectivity index (χ3v) is 6.66. The topological polar surface area (TPSA) is 45.1 Å². The van der Waals surface area contributed by atoms with E-state index in [0.717, 1.165) is 49.7 Å². The van der Waals surface area contributed by atoms with Crippen molar-refractivity contribution in [1.82, 2.24) is 4.90 Å². The van der Waals surface area contributed by atoms with Crippen LogP contribution in [0, 0.1) is 5.92 Å². The monoisotopic (exact) mass is 508 g/mol. The molecule has 1 fully saturated rings. The van der Waals surface area contributed by atoms with Gasteiger partial charge in [0.05, 0.1) is 17.0 Å². The van der Waals surface area contributed by atoms with Crippen molar-refractivity contribution in [1.29, 1.82) is 0 Å². The van der Waals surface area contributed by atoms with E-state index >= 15 is 0 Å². The highest BCUT2D eigenvalue weighted by Crippen LogP contribution is 2.37. The summed E-state index contributed by atoms with van der Waals surface area (Å²) in [6.45, 7) is 7.99. The summed E-state index contributed by atoms with van der Waals surface area (Å²) in [6.07, 6.45) is -2.48. The second-order valence-corrected chi connectivity index (χ2v) is 9.46. The van der Waals surface area contributed by atoms with Crippen molar-refractivity contribution in [2.45, 2.75) is 39.1 Å². The molecular weight excluding hydrogens is 477 g/mol. The van der Waals surface area contributed by atoms with E-state index in [0.29, 0.717) is 16.8 Å². The molecule has 0 amide bonds. The van der Waals surface area contributed by atoms with Gasteiger partial charge >= 0.3 is 6.18 Å². The van der Waals surface area contributed by atoms with Gasteiger partial charge in [0, 0.05) is 19.0 Å². The Hall–Kier alpha value is -3.58. The lowest BCUT2D eigenvalue weighted by atomic mass is 9.96. The van der Waals surface area contributed by atoms with Crippen LogP contribution in [0.3, 0.4) is 0 Å². The fourth-order valence-corrected chi connectivity index (χ4v) is 4.62. The predicted octanol–water partition coefficient (Wildman–Crippen LogP) is 7.60. The molecule has 0 aromatic heterocycles. The molecule has 0 saturated carbocycles. The number of likely N-dealkylation sites (tertiary alicyclic amines) is 1.